The van der Waals surface area contributed by atoms with E-state index in [1.807, 2.05) is 13.8 Å². The summed E-state index contributed by atoms with van der Waals surface area (Å²) in [6, 6.07) is 0. The minimum atomic E-state index is -0.682. The Morgan fingerprint density at radius 1 is 1.42 bits per heavy atom. The minimum Gasteiger partial charge on any atom is -0.381 e. The van der Waals surface area contributed by atoms with Crippen molar-refractivity contribution in [2.24, 2.45) is 0 Å². The van der Waals surface area contributed by atoms with E-state index < -0.39 is 5.82 Å². The van der Waals surface area contributed by atoms with E-state index in [1.165, 1.54) is 17.7 Å². The molecule has 0 bridgehead atoms. The van der Waals surface area contributed by atoms with E-state index in [0.29, 0.717) is 11.5 Å². The van der Waals surface area contributed by atoms with Gasteiger partial charge in [-0.15, -0.1) is 0 Å². The Labute approximate surface area is 109 Å². The van der Waals surface area contributed by atoms with Crippen LogP contribution in [0.2, 0.25) is 0 Å². The molecule has 0 saturated heterocycles. The number of carbonyl (C=O) groups is 1. The zero-order valence-corrected chi connectivity index (χ0v) is 10.9. The van der Waals surface area contributed by atoms with Crippen molar-refractivity contribution in [1.82, 2.24) is 19.5 Å². The van der Waals surface area contributed by atoms with Crippen molar-refractivity contribution in [3.63, 3.8) is 0 Å². The second kappa shape index (κ2) is 4.75. The van der Waals surface area contributed by atoms with Gasteiger partial charge < -0.3 is 5.73 Å². The number of aromatic nitrogens is 4. The third kappa shape index (κ3) is 2.44. The van der Waals surface area contributed by atoms with Crippen LogP contribution >= 0.6 is 0 Å². The highest BCUT2D eigenvalue weighted by Crippen LogP contribution is 2.21. The zero-order chi connectivity index (χ0) is 14.2. The number of hydrogen-bond acceptors (Lipinski definition) is 5. The van der Waals surface area contributed by atoms with Crippen LogP contribution in [-0.2, 0) is 0 Å². The Morgan fingerprint density at radius 2 is 2.11 bits per heavy atom. The van der Waals surface area contributed by atoms with Crippen LogP contribution in [0.5, 0.6) is 0 Å². The fourth-order valence-electron chi connectivity index (χ4n) is 1.67. The average molecular weight is 263 g/mol. The van der Waals surface area contributed by atoms with Crippen LogP contribution in [0.3, 0.4) is 0 Å². The number of nitrogens with zero attached hydrogens (tertiary/aromatic N) is 4. The van der Waals surface area contributed by atoms with Gasteiger partial charge in [-0.2, -0.15) is 0 Å². The first-order chi connectivity index (χ1) is 8.90. The fraction of sp³-hybridized carbons (Fsp3) is 0.333. The molecular formula is C12H14FN5O. The number of imidazole rings is 1. The number of hydrogen-bond donors (Lipinski definition) is 1. The zero-order valence-electron chi connectivity index (χ0n) is 10.9. The molecule has 2 rings (SSSR count). The summed E-state index contributed by atoms with van der Waals surface area (Å²) in [4.78, 5) is 23.5. The van der Waals surface area contributed by atoms with Crippen molar-refractivity contribution in [1.29, 1.82) is 0 Å². The van der Waals surface area contributed by atoms with E-state index in [1.54, 1.807) is 0 Å². The van der Waals surface area contributed by atoms with Crippen LogP contribution in [-0.4, -0.2) is 25.4 Å². The van der Waals surface area contributed by atoms with Crippen molar-refractivity contribution in [2.45, 2.75) is 26.7 Å². The molecule has 2 N–H and O–H groups in total. The summed E-state index contributed by atoms with van der Waals surface area (Å²) in [5.74, 6) is -0.213. The largest absolute Gasteiger partial charge is 0.381 e. The molecule has 100 valence electrons. The minimum absolute atomic E-state index is 0.0652. The Bertz CT molecular complexity index is 635. The van der Waals surface area contributed by atoms with Crippen molar-refractivity contribution < 1.29 is 9.18 Å². The molecule has 0 spiro atoms. The van der Waals surface area contributed by atoms with Gasteiger partial charge in [-0.1, -0.05) is 13.8 Å². The van der Waals surface area contributed by atoms with E-state index in [4.69, 9.17) is 5.73 Å². The Kier molecular flexibility index (Phi) is 3.28. The average Bonchev–Trinajstić information content (AvgIpc) is 2.78. The molecule has 0 aromatic carbocycles. The molecule has 2 aromatic rings. The third-order valence-electron chi connectivity index (χ3n) is 2.59. The molecule has 0 atom stereocenters. The molecule has 6 nitrogen and oxygen atoms in total. The first-order valence-electron chi connectivity index (χ1n) is 5.78. The van der Waals surface area contributed by atoms with Gasteiger partial charge >= 0.3 is 0 Å². The third-order valence-corrected chi connectivity index (χ3v) is 2.59. The number of nitrogen functional groups attached to an aromatic ring is 1. The predicted molar refractivity (Wildman–Crippen MR) is 68.0 cm³/mol. The molecule has 7 heteroatoms. The summed E-state index contributed by atoms with van der Waals surface area (Å²) in [6.07, 6.45) is 2.52. The standard InChI is InChI=1S/C12H14FN5O/c1-6(2)12-16-9(5-18(12)7(3)19)11-15-4-8(13)10(14)17-11/h4-6H,1-3H3,(H2,14,15,17). The Hall–Kier alpha value is -2.31. The number of rotatable bonds is 2. The number of halogens is 1. The second-order valence-corrected chi connectivity index (χ2v) is 4.45. The lowest BCUT2D eigenvalue weighted by Gasteiger charge is -2.04. The quantitative estimate of drug-likeness (QED) is 0.893. The summed E-state index contributed by atoms with van der Waals surface area (Å²) in [7, 11) is 0. The molecule has 0 unspecified atom stereocenters. The first-order valence-corrected chi connectivity index (χ1v) is 5.78. The van der Waals surface area contributed by atoms with Gasteiger partial charge in [-0.3, -0.25) is 9.36 Å². The molecule has 0 aliphatic rings. The van der Waals surface area contributed by atoms with Crippen molar-refractivity contribution in [3.8, 4) is 11.5 Å². The van der Waals surface area contributed by atoms with Gasteiger partial charge in [0.1, 0.15) is 11.5 Å². The van der Waals surface area contributed by atoms with E-state index in [2.05, 4.69) is 15.0 Å². The molecule has 0 saturated carbocycles. The van der Waals surface area contributed by atoms with Crippen LogP contribution in [0.1, 0.15) is 37.3 Å². The summed E-state index contributed by atoms with van der Waals surface area (Å²) < 4.78 is 14.5. The van der Waals surface area contributed by atoms with Gasteiger partial charge in [-0.25, -0.2) is 19.3 Å². The molecule has 0 fully saturated rings. The molecule has 2 aromatic heterocycles. The van der Waals surface area contributed by atoms with Gasteiger partial charge in [-0.05, 0) is 0 Å². The molecule has 0 amide bonds. The normalized spacial score (nSPS) is 11.0. The Morgan fingerprint density at radius 3 is 2.58 bits per heavy atom. The van der Waals surface area contributed by atoms with E-state index >= 15 is 0 Å². The van der Waals surface area contributed by atoms with Gasteiger partial charge in [0.15, 0.2) is 17.5 Å². The highest BCUT2D eigenvalue weighted by molar-refractivity contribution is 5.78. The van der Waals surface area contributed by atoms with Gasteiger partial charge in [0, 0.05) is 19.0 Å². The monoisotopic (exact) mass is 263 g/mol. The lowest BCUT2D eigenvalue weighted by molar-refractivity contribution is 0.0932. The summed E-state index contributed by atoms with van der Waals surface area (Å²) in [5.41, 5.74) is 5.79. The molecule has 0 aliphatic carbocycles. The molecule has 2 heterocycles. The van der Waals surface area contributed by atoms with Gasteiger partial charge in [0.2, 0.25) is 5.91 Å². The van der Waals surface area contributed by atoms with Crippen molar-refractivity contribution in [2.75, 3.05) is 5.73 Å². The number of carbonyl (C=O) groups excluding carboxylic acids is 1. The lowest BCUT2D eigenvalue weighted by atomic mass is 10.2. The van der Waals surface area contributed by atoms with Crippen molar-refractivity contribution >= 4 is 11.7 Å². The summed E-state index contributed by atoms with van der Waals surface area (Å²) >= 11 is 0. The van der Waals surface area contributed by atoms with E-state index in [9.17, 15) is 9.18 Å². The number of nitrogens with two attached hydrogens (primary N) is 1. The smallest absolute Gasteiger partial charge is 0.228 e. The maximum Gasteiger partial charge on any atom is 0.228 e. The van der Waals surface area contributed by atoms with Crippen LogP contribution in [0.25, 0.3) is 11.5 Å². The molecule has 19 heavy (non-hydrogen) atoms. The Balaban J connectivity index is 2.54. The molecular weight excluding hydrogens is 249 g/mol. The summed E-state index contributed by atoms with van der Waals surface area (Å²) in [6.45, 7) is 5.29. The fourth-order valence-corrected chi connectivity index (χ4v) is 1.67. The van der Waals surface area contributed by atoms with Crippen LogP contribution in [0.4, 0.5) is 10.2 Å². The maximum atomic E-state index is 13.0. The first kappa shape index (κ1) is 13.1. The highest BCUT2D eigenvalue weighted by Gasteiger charge is 2.17. The molecule has 0 radical (unpaired) electrons. The maximum absolute atomic E-state index is 13.0. The topological polar surface area (TPSA) is 86.7 Å². The van der Waals surface area contributed by atoms with E-state index in [-0.39, 0.29) is 23.5 Å². The predicted octanol–water partition coefficient (Wildman–Crippen LogP) is 1.84. The van der Waals surface area contributed by atoms with Gasteiger partial charge in [0.05, 0.1) is 6.20 Å². The van der Waals surface area contributed by atoms with E-state index in [0.717, 1.165) is 6.20 Å². The highest BCUT2D eigenvalue weighted by atomic mass is 19.1. The SMILES string of the molecule is CC(=O)n1cc(-c2ncc(F)c(N)n2)nc1C(C)C. The van der Waals surface area contributed by atoms with Crippen LogP contribution in [0.15, 0.2) is 12.4 Å². The second-order valence-electron chi connectivity index (χ2n) is 4.45. The van der Waals surface area contributed by atoms with Crippen LogP contribution < -0.4 is 5.73 Å². The molecule has 0 aliphatic heterocycles. The summed E-state index contributed by atoms with van der Waals surface area (Å²) in [5, 5.41) is 0. The van der Waals surface area contributed by atoms with Crippen molar-refractivity contribution in [3.05, 3.63) is 24.0 Å². The van der Waals surface area contributed by atoms with Gasteiger partial charge in [0.25, 0.3) is 0 Å². The number of anilines is 1. The lowest BCUT2D eigenvalue weighted by Crippen LogP contribution is -2.10. The van der Waals surface area contributed by atoms with Crippen LogP contribution in [0, 0.1) is 5.82 Å².